The van der Waals surface area contributed by atoms with Crippen LogP contribution in [0.5, 0.6) is 11.5 Å². The quantitative estimate of drug-likeness (QED) is 0.579. The van der Waals surface area contributed by atoms with E-state index >= 15 is 0 Å². The lowest BCUT2D eigenvalue weighted by Crippen LogP contribution is -2.24. The molecule has 0 spiro atoms. The standard InChI is InChI=1S/C13H7Cl2NO4/c1-16-12(19)8-9(13(16)20)11(18)5-3-7(15)6(14)2-4(5)10(8)17/h2-3,17-18H,1H3. The number of carbonyl (C=O) groups excluding carboxylic acids is 2. The van der Waals surface area contributed by atoms with Crippen molar-refractivity contribution in [2.24, 2.45) is 0 Å². The Morgan fingerprint density at radius 1 is 0.900 bits per heavy atom. The second kappa shape index (κ2) is 4.01. The lowest BCUT2D eigenvalue weighted by molar-refractivity contribution is 0.0692. The van der Waals surface area contributed by atoms with Crippen LogP contribution in [-0.4, -0.2) is 34.0 Å². The molecule has 0 saturated heterocycles. The molecule has 1 heterocycles. The second-order valence-corrected chi connectivity index (χ2v) is 5.24. The van der Waals surface area contributed by atoms with E-state index in [2.05, 4.69) is 0 Å². The van der Waals surface area contributed by atoms with Crippen LogP contribution < -0.4 is 0 Å². The monoisotopic (exact) mass is 311 g/mol. The summed E-state index contributed by atoms with van der Waals surface area (Å²) < 4.78 is 0. The first-order valence-corrected chi connectivity index (χ1v) is 6.29. The predicted molar refractivity (Wildman–Crippen MR) is 73.7 cm³/mol. The Kier molecular flexibility index (Phi) is 2.61. The number of aromatic hydroxyl groups is 2. The first-order valence-electron chi connectivity index (χ1n) is 5.53. The lowest BCUT2D eigenvalue weighted by Gasteiger charge is -2.09. The van der Waals surface area contributed by atoms with E-state index in [0.717, 1.165) is 4.90 Å². The van der Waals surface area contributed by atoms with E-state index in [9.17, 15) is 19.8 Å². The Labute approximate surface area is 122 Å². The summed E-state index contributed by atoms with van der Waals surface area (Å²) in [5, 5.41) is 21.1. The number of phenols is 2. The van der Waals surface area contributed by atoms with E-state index in [1.165, 1.54) is 19.2 Å². The summed E-state index contributed by atoms with van der Waals surface area (Å²) >= 11 is 11.7. The third-order valence-electron chi connectivity index (χ3n) is 3.33. The molecule has 0 atom stereocenters. The molecule has 0 radical (unpaired) electrons. The zero-order valence-corrected chi connectivity index (χ0v) is 11.6. The molecule has 0 saturated carbocycles. The van der Waals surface area contributed by atoms with Gasteiger partial charge in [0.05, 0.1) is 21.2 Å². The van der Waals surface area contributed by atoms with Crippen LogP contribution in [0, 0.1) is 0 Å². The smallest absolute Gasteiger partial charge is 0.265 e. The Morgan fingerprint density at radius 3 is 1.60 bits per heavy atom. The lowest BCUT2D eigenvalue weighted by atomic mass is 9.99. The summed E-state index contributed by atoms with van der Waals surface area (Å²) in [5.41, 5.74) is -0.443. The first-order chi connectivity index (χ1) is 9.34. The summed E-state index contributed by atoms with van der Waals surface area (Å²) in [6, 6.07) is 2.68. The molecule has 1 aliphatic rings. The van der Waals surface area contributed by atoms with Crippen LogP contribution in [0.2, 0.25) is 10.0 Å². The number of halogens is 2. The normalized spacial score (nSPS) is 14.2. The molecular weight excluding hydrogens is 305 g/mol. The molecule has 2 aromatic carbocycles. The topological polar surface area (TPSA) is 77.8 Å². The number of hydrogen-bond donors (Lipinski definition) is 2. The number of benzene rings is 2. The maximum absolute atomic E-state index is 12.0. The highest BCUT2D eigenvalue weighted by Gasteiger charge is 2.39. The highest BCUT2D eigenvalue weighted by atomic mass is 35.5. The molecule has 3 rings (SSSR count). The molecule has 102 valence electrons. The van der Waals surface area contributed by atoms with Gasteiger partial charge in [-0.05, 0) is 12.1 Å². The number of amides is 2. The minimum atomic E-state index is -0.675. The average Bonchev–Trinajstić information content (AvgIpc) is 2.63. The van der Waals surface area contributed by atoms with Gasteiger partial charge in [-0.15, -0.1) is 0 Å². The highest BCUT2D eigenvalue weighted by Crippen LogP contribution is 2.45. The van der Waals surface area contributed by atoms with Crippen LogP contribution in [0.1, 0.15) is 20.7 Å². The number of phenolic OH excluding ortho intramolecular Hbond substituents is 2. The van der Waals surface area contributed by atoms with Crippen molar-refractivity contribution in [3.63, 3.8) is 0 Å². The number of rotatable bonds is 0. The van der Waals surface area contributed by atoms with Gasteiger partial charge in [0.1, 0.15) is 11.5 Å². The van der Waals surface area contributed by atoms with Crippen LogP contribution in [0.4, 0.5) is 0 Å². The SMILES string of the molecule is CN1C(=O)c2c(c(O)c3cc(Cl)c(Cl)cc3c2O)C1=O. The summed E-state index contributed by atoms with van der Waals surface area (Å²) in [6.45, 7) is 0. The number of imide groups is 1. The zero-order valence-electron chi connectivity index (χ0n) is 10.1. The van der Waals surface area contributed by atoms with Gasteiger partial charge in [0.15, 0.2) is 0 Å². The minimum Gasteiger partial charge on any atom is -0.506 e. The van der Waals surface area contributed by atoms with Gasteiger partial charge in [-0.2, -0.15) is 0 Å². The maximum atomic E-state index is 12.0. The minimum absolute atomic E-state index is 0.159. The molecule has 20 heavy (non-hydrogen) atoms. The van der Waals surface area contributed by atoms with Crippen molar-refractivity contribution >= 4 is 45.8 Å². The second-order valence-electron chi connectivity index (χ2n) is 4.43. The van der Waals surface area contributed by atoms with Gasteiger partial charge in [0.25, 0.3) is 11.8 Å². The molecule has 0 bridgehead atoms. The van der Waals surface area contributed by atoms with E-state index in [0.29, 0.717) is 0 Å². The van der Waals surface area contributed by atoms with Crippen LogP contribution >= 0.6 is 23.2 Å². The molecular formula is C13H7Cl2NO4. The molecule has 5 nitrogen and oxygen atoms in total. The van der Waals surface area contributed by atoms with Gasteiger partial charge in [-0.3, -0.25) is 14.5 Å². The first kappa shape index (κ1) is 13.0. The third-order valence-corrected chi connectivity index (χ3v) is 4.05. The summed E-state index contributed by atoms with van der Waals surface area (Å²) in [4.78, 5) is 24.7. The average molecular weight is 312 g/mol. The fourth-order valence-corrected chi connectivity index (χ4v) is 2.62. The summed E-state index contributed by atoms with van der Waals surface area (Å²) in [5.74, 6) is -2.14. The van der Waals surface area contributed by atoms with Gasteiger partial charge in [0, 0.05) is 17.8 Å². The number of hydrogen-bond acceptors (Lipinski definition) is 4. The third kappa shape index (κ3) is 1.44. The van der Waals surface area contributed by atoms with E-state index < -0.39 is 23.3 Å². The van der Waals surface area contributed by atoms with Crippen molar-refractivity contribution in [2.45, 2.75) is 0 Å². The zero-order chi connectivity index (χ0) is 14.8. The largest absolute Gasteiger partial charge is 0.506 e. The van der Waals surface area contributed by atoms with E-state index in [4.69, 9.17) is 23.2 Å². The van der Waals surface area contributed by atoms with Gasteiger partial charge in [-0.1, -0.05) is 23.2 Å². The van der Waals surface area contributed by atoms with Crippen molar-refractivity contribution in [1.82, 2.24) is 4.90 Å². The van der Waals surface area contributed by atoms with E-state index in [1.54, 1.807) is 0 Å². The van der Waals surface area contributed by atoms with Crippen molar-refractivity contribution in [1.29, 1.82) is 0 Å². The van der Waals surface area contributed by atoms with Crippen molar-refractivity contribution in [2.75, 3.05) is 7.05 Å². The molecule has 2 N–H and O–H groups in total. The molecule has 0 aliphatic carbocycles. The van der Waals surface area contributed by atoms with Gasteiger partial charge >= 0.3 is 0 Å². The van der Waals surface area contributed by atoms with E-state index in [-0.39, 0.29) is 31.9 Å². The maximum Gasteiger partial charge on any atom is 0.265 e. The van der Waals surface area contributed by atoms with Crippen molar-refractivity contribution < 1.29 is 19.8 Å². The molecule has 0 aromatic heterocycles. The molecule has 2 amide bonds. The highest BCUT2D eigenvalue weighted by molar-refractivity contribution is 6.43. The number of fused-ring (bicyclic) bond motifs is 2. The van der Waals surface area contributed by atoms with E-state index in [1.807, 2.05) is 0 Å². The fourth-order valence-electron chi connectivity index (χ4n) is 2.29. The van der Waals surface area contributed by atoms with Crippen LogP contribution in [0.25, 0.3) is 10.8 Å². The Hall–Kier alpha value is -1.98. The van der Waals surface area contributed by atoms with Crippen LogP contribution in [-0.2, 0) is 0 Å². The Balaban J connectivity index is 2.54. The fraction of sp³-hybridized carbons (Fsp3) is 0.0769. The van der Waals surface area contributed by atoms with Crippen LogP contribution in [0.3, 0.4) is 0 Å². The Morgan fingerprint density at radius 2 is 1.25 bits per heavy atom. The predicted octanol–water partition coefficient (Wildman–Crippen LogP) is 2.78. The van der Waals surface area contributed by atoms with Crippen molar-refractivity contribution in [3.8, 4) is 11.5 Å². The summed E-state index contributed by atoms with van der Waals surface area (Å²) in [7, 11) is 1.27. The van der Waals surface area contributed by atoms with Gasteiger partial charge < -0.3 is 10.2 Å². The number of carbonyl (C=O) groups is 2. The van der Waals surface area contributed by atoms with Gasteiger partial charge in [-0.25, -0.2) is 0 Å². The Bertz CT molecular complexity index is 750. The van der Waals surface area contributed by atoms with Crippen molar-refractivity contribution in [3.05, 3.63) is 33.3 Å². The number of nitrogens with zero attached hydrogens (tertiary/aromatic N) is 1. The molecule has 1 aliphatic heterocycles. The molecule has 7 heteroatoms. The van der Waals surface area contributed by atoms with Crippen LogP contribution in [0.15, 0.2) is 12.1 Å². The molecule has 0 fully saturated rings. The molecule has 2 aromatic rings. The summed E-state index contributed by atoms with van der Waals surface area (Å²) in [6.07, 6.45) is 0. The van der Waals surface area contributed by atoms with Gasteiger partial charge in [0.2, 0.25) is 0 Å². The molecule has 0 unspecified atom stereocenters.